The number of aryl methyl sites for hydroxylation is 1. The van der Waals surface area contributed by atoms with Crippen molar-refractivity contribution in [3.63, 3.8) is 0 Å². The number of anilines is 1. The molecule has 2 aromatic rings. The molecular formula is C24H24N4O5. The number of rotatable bonds is 3. The zero-order chi connectivity index (χ0) is 23.2. The predicted octanol–water partition coefficient (Wildman–Crippen LogP) is 2.14. The highest BCUT2D eigenvalue weighted by Crippen LogP contribution is 2.46. The number of ether oxygens (including phenoxy) is 1. The number of benzene rings is 2. The number of urea groups is 1. The molecule has 0 aromatic heterocycles. The fourth-order valence-electron chi connectivity index (χ4n) is 4.87. The zero-order valence-corrected chi connectivity index (χ0v) is 18.2. The van der Waals surface area contributed by atoms with E-state index in [4.69, 9.17) is 4.74 Å². The SMILES string of the molecule is CNC(=O)Nc1ccc2c(c1)CC[C@]21OC(=O)N(CC(=O)N2CCc3ccccc3C2)C1=O. The van der Waals surface area contributed by atoms with Crippen LogP contribution < -0.4 is 10.6 Å². The average molecular weight is 448 g/mol. The summed E-state index contributed by atoms with van der Waals surface area (Å²) in [6.07, 6.45) is 0.760. The number of nitrogens with one attached hydrogen (secondary N) is 2. The fourth-order valence-corrected chi connectivity index (χ4v) is 4.87. The van der Waals surface area contributed by atoms with Crippen molar-refractivity contribution >= 4 is 29.6 Å². The number of nitrogens with zero attached hydrogens (tertiary/aromatic N) is 2. The average Bonchev–Trinajstić information content (AvgIpc) is 3.30. The summed E-state index contributed by atoms with van der Waals surface area (Å²) in [7, 11) is 1.52. The standard InChI is InChI=1S/C24H24N4O5/c1-25-22(31)26-18-6-7-19-16(12-18)8-10-24(19)21(30)28(23(32)33-24)14-20(29)27-11-9-15-4-2-3-5-17(15)13-27/h2-7,12H,8-11,13-14H2,1H3,(H2,25,26,31)/t24-/m0/s1. The summed E-state index contributed by atoms with van der Waals surface area (Å²) in [5, 5.41) is 5.18. The Hall–Kier alpha value is -3.88. The van der Waals surface area contributed by atoms with E-state index in [1.807, 2.05) is 18.2 Å². The summed E-state index contributed by atoms with van der Waals surface area (Å²) in [4.78, 5) is 53.2. The first kappa shape index (κ1) is 21.0. The number of carbonyl (C=O) groups is 4. The van der Waals surface area contributed by atoms with Crippen molar-refractivity contribution in [1.82, 2.24) is 15.1 Å². The van der Waals surface area contributed by atoms with Gasteiger partial charge in [0.15, 0.2) is 0 Å². The van der Waals surface area contributed by atoms with Crippen LogP contribution in [0.3, 0.4) is 0 Å². The van der Waals surface area contributed by atoms with Crippen molar-refractivity contribution in [2.24, 2.45) is 0 Å². The van der Waals surface area contributed by atoms with Crippen LogP contribution >= 0.6 is 0 Å². The van der Waals surface area contributed by atoms with Crippen LogP contribution in [0.25, 0.3) is 0 Å². The van der Waals surface area contributed by atoms with E-state index in [1.54, 1.807) is 23.1 Å². The number of fused-ring (bicyclic) bond motifs is 3. The molecule has 0 saturated carbocycles. The Kier molecular flexibility index (Phi) is 5.03. The van der Waals surface area contributed by atoms with Crippen LogP contribution in [0.2, 0.25) is 0 Å². The maximum atomic E-state index is 13.4. The molecule has 5 amide bonds. The van der Waals surface area contributed by atoms with Gasteiger partial charge < -0.3 is 20.3 Å². The molecule has 0 radical (unpaired) electrons. The molecule has 2 aliphatic heterocycles. The first-order valence-corrected chi connectivity index (χ1v) is 10.9. The van der Waals surface area contributed by atoms with E-state index in [-0.39, 0.29) is 18.5 Å². The van der Waals surface area contributed by atoms with Gasteiger partial charge in [-0.25, -0.2) is 14.5 Å². The number of imide groups is 1. The smallest absolute Gasteiger partial charge is 0.418 e. The van der Waals surface area contributed by atoms with Gasteiger partial charge in [0.2, 0.25) is 11.5 Å². The lowest BCUT2D eigenvalue weighted by molar-refractivity contribution is -0.142. The second kappa shape index (κ2) is 7.91. The fraction of sp³-hybridized carbons (Fsp3) is 0.333. The Morgan fingerprint density at radius 2 is 1.85 bits per heavy atom. The summed E-state index contributed by atoms with van der Waals surface area (Å²) in [5.41, 5.74) is 2.89. The highest BCUT2D eigenvalue weighted by molar-refractivity contribution is 6.06. The Morgan fingerprint density at radius 3 is 2.64 bits per heavy atom. The topological polar surface area (TPSA) is 108 Å². The summed E-state index contributed by atoms with van der Waals surface area (Å²) >= 11 is 0. The van der Waals surface area contributed by atoms with Crippen molar-refractivity contribution in [1.29, 1.82) is 0 Å². The normalized spacial score (nSPS) is 21.0. The second-order valence-corrected chi connectivity index (χ2v) is 8.50. The Bertz CT molecular complexity index is 1180. The van der Waals surface area contributed by atoms with Gasteiger partial charge in [-0.1, -0.05) is 30.3 Å². The molecule has 1 saturated heterocycles. The third-order valence-corrected chi connectivity index (χ3v) is 6.62. The predicted molar refractivity (Wildman–Crippen MR) is 118 cm³/mol. The highest BCUT2D eigenvalue weighted by atomic mass is 16.6. The van der Waals surface area contributed by atoms with Crippen molar-refractivity contribution < 1.29 is 23.9 Å². The van der Waals surface area contributed by atoms with Gasteiger partial charge in [0.25, 0.3) is 5.91 Å². The Morgan fingerprint density at radius 1 is 1.06 bits per heavy atom. The lowest BCUT2D eigenvalue weighted by atomic mass is 9.94. The molecule has 0 bridgehead atoms. The molecule has 5 rings (SSSR count). The zero-order valence-electron chi connectivity index (χ0n) is 18.2. The van der Waals surface area contributed by atoms with Crippen LogP contribution in [-0.4, -0.2) is 53.9 Å². The van der Waals surface area contributed by atoms with E-state index in [0.29, 0.717) is 37.2 Å². The van der Waals surface area contributed by atoms with Crippen LogP contribution in [0.1, 0.15) is 28.7 Å². The molecule has 1 fully saturated rings. The first-order chi connectivity index (χ1) is 15.9. The molecule has 9 heteroatoms. The lowest BCUT2D eigenvalue weighted by Crippen LogP contribution is -2.45. The van der Waals surface area contributed by atoms with Crippen molar-refractivity contribution in [2.45, 2.75) is 31.4 Å². The number of hydrogen-bond acceptors (Lipinski definition) is 5. The summed E-state index contributed by atoms with van der Waals surface area (Å²) in [5.74, 6) is -0.792. The molecule has 2 heterocycles. The van der Waals surface area contributed by atoms with Crippen LogP contribution in [0.5, 0.6) is 0 Å². The lowest BCUT2D eigenvalue weighted by Gasteiger charge is -2.29. The maximum absolute atomic E-state index is 13.4. The van der Waals surface area contributed by atoms with E-state index in [1.165, 1.54) is 12.6 Å². The molecule has 1 spiro atoms. The first-order valence-electron chi connectivity index (χ1n) is 10.9. The minimum absolute atomic E-state index is 0.282. The van der Waals surface area contributed by atoms with Gasteiger partial charge in [-0.05, 0) is 41.7 Å². The molecule has 1 atom stereocenters. The number of hydrogen-bond donors (Lipinski definition) is 2. The maximum Gasteiger partial charge on any atom is 0.418 e. The highest BCUT2D eigenvalue weighted by Gasteiger charge is 2.58. The van der Waals surface area contributed by atoms with Gasteiger partial charge in [-0.15, -0.1) is 0 Å². The van der Waals surface area contributed by atoms with Crippen LogP contribution in [0, 0.1) is 0 Å². The van der Waals surface area contributed by atoms with Crippen molar-refractivity contribution in [3.8, 4) is 0 Å². The third-order valence-electron chi connectivity index (χ3n) is 6.62. The molecule has 3 aliphatic rings. The van der Waals surface area contributed by atoms with Gasteiger partial charge in [-0.3, -0.25) is 9.59 Å². The van der Waals surface area contributed by atoms with E-state index < -0.39 is 17.6 Å². The molecule has 0 unspecified atom stereocenters. The molecule has 2 N–H and O–H groups in total. The van der Waals surface area contributed by atoms with Crippen LogP contribution in [0.4, 0.5) is 15.3 Å². The van der Waals surface area contributed by atoms with Crippen LogP contribution in [0.15, 0.2) is 42.5 Å². The van der Waals surface area contributed by atoms with Gasteiger partial charge in [-0.2, -0.15) is 0 Å². The van der Waals surface area contributed by atoms with Crippen molar-refractivity contribution in [2.75, 3.05) is 25.5 Å². The third kappa shape index (κ3) is 3.49. The minimum atomic E-state index is -1.41. The summed E-state index contributed by atoms with van der Waals surface area (Å²) in [6.45, 7) is 0.663. The van der Waals surface area contributed by atoms with E-state index in [2.05, 4.69) is 16.7 Å². The van der Waals surface area contributed by atoms with Crippen molar-refractivity contribution in [3.05, 3.63) is 64.7 Å². The van der Waals surface area contributed by atoms with Gasteiger partial charge >= 0.3 is 12.1 Å². The Balaban J connectivity index is 1.32. The van der Waals surface area contributed by atoms with E-state index >= 15 is 0 Å². The number of amides is 5. The summed E-state index contributed by atoms with van der Waals surface area (Å²) in [6, 6.07) is 12.7. The largest absolute Gasteiger partial charge is 0.427 e. The van der Waals surface area contributed by atoms with E-state index in [9.17, 15) is 19.2 Å². The molecule has 170 valence electrons. The molecule has 1 aliphatic carbocycles. The second-order valence-electron chi connectivity index (χ2n) is 8.50. The van der Waals surface area contributed by atoms with Crippen LogP contribution in [-0.2, 0) is 39.3 Å². The molecule has 9 nitrogen and oxygen atoms in total. The molecule has 33 heavy (non-hydrogen) atoms. The Labute approximate surface area is 190 Å². The quantitative estimate of drug-likeness (QED) is 0.748. The monoisotopic (exact) mass is 448 g/mol. The van der Waals surface area contributed by atoms with Gasteiger partial charge in [0.1, 0.15) is 6.54 Å². The van der Waals surface area contributed by atoms with E-state index in [0.717, 1.165) is 22.4 Å². The summed E-state index contributed by atoms with van der Waals surface area (Å²) < 4.78 is 5.61. The molecular weight excluding hydrogens is 424 g/mol. The number of carbonyl (C=O) groups excluding carboxylic acids is 4. The molecule has 2 aromatic carbocycles. The van der Waals surface area contributed by atoms with Gasteiger partial charge in [0, 0.05) is 37.8 Å². The minimum Gasteiger partial charge on any atom is -0.427 e. The van der Waals surface area contributed by atoms with Gasteiger partial charge in [0.05, 0.1) is 0 Å².